The first kappa shape index (κ1) is 10.3. The number of thioether (sulfide) groups is 1. The lowest BCUT2D eigenvalue weighted by atomic mass is 10.2. The number of rotatable bonds is 3. The molecule has 0 fully saturated rings. The Morgan fingerprint density at radius 3 is 2.87 bits per heavy atom. The van der Waals surface area contributed by atoms with E-state index < -0.39 is 0 Å². The number of benzene rings is 1. The van der Waals surface area contributed by atoms with Gasteiger partial charge in [0.1, 0.15) is 10.5 Å². The van der Waals surface area contributed by atoms with Crippen molar-refractivity contribution in [3.63, 3.8) is 0 Å². The summed E-state index contributed by atoms with van der Waals surface area (Å²) in [5.74, 6) is 0. The molecule has 0 radical (unpaired) electrons. The molecule has 15 heavy (non-hydrogen) atoms. The van der Waals surface area contributed by atoms with Crippen molar-refractivity contribution in [2.24, 2.45) is 10.8 Å². The molecule has 1 heterocycles. The molecule has 1 aromatic rings. The third-order valence-electron chi connectivity index (χ3n) is 2.08. The minimum atomic E-state index is -0.0989. The maximum Gasteiger partial charge on any atom is 0.148 e. The highest BCUT2D eigenvalue weighted by Crippen LogP contribution is 2.26. The molecule has 1 unspecified atom stereocenters. The van der Waals surface area contributed by atoms with Crippen molar-refractivity contribution in [3.8, 4) is 0 Å². The van der Waals surface area contributed by atoms with Crippen LogP contribution < -0.4 is 5.73 Å². The molecule has 1 aliphatic rings. The monoisotopic (exact) mass is 219 g/mol. The predicted molar refractivity (Wildman–Crippen MR) is 65.4 cm³/mol. The zero-order valence-electron chi connectivity index (χ0n) is 8.34. The summed E-state index contributed by atoms with van der Waals surface area (Å²) in [6, 6.07) is 10.1. The third kappa shape index (κ3) is 2.22. The molecule has 0 bridgehead atoms. The summed E-state index contributed by atoms with van der Waals surface area (Å²) in [6.07, 6.45) is 1.80. The molecule has 1 aromatic carbocycles. The second-order valence-corrected chi connectivity index (χ2v) is 4.30. The first-order valence-corrected chi connectivity index (χ1v) is 5.63. The average molecular weight is 219 g/mol. The van der Waals surface area contributed by atoms with Gasteiger partial charge in [0.25, 0.3) is 0 Å². The molecular formula is C11H13N3S. The van der Waals surface area contributed by atoms with Gasteiger partial charge in [0.05, 0.1) is 6.54 Å². The van der Waals surface area contributed by atoms with Gasteiger partial charge in [0.15, 0.2) is 0 Å². The lowest BCUT2D eigenvalue weighted by Crippen LogP contribution is -2.32. The predicted octanol–water partition coefficient (Wildman–Crippen LogP) is 1.83. The van der Waals surface area contributed by atoms with E-state index in [1.54, 1.807) is 17.8 Å². The molecule has 4 heteroatoms. The standard InChI is InChI=1S/C11H13N3S/c1-2-8-14-11(12)15-10(13-14)9-6-4-3-5-7-9/h2-7,11H,1,8,12H2. The second-order valence-electron chi connectivity index (χ2n) is 3.19. The molecule has 0 aromatic heterocycles. The van der Waals surface area contributed by atoms with E-state index in [2.05, 4.69) is 11.7 Å². The van der Waals surface area contributed by atoms with Crippen molar-refractivity contribution in [3.05, 3.63) is 48.6 Å². The summed E-state index contributed by atoms with van der Waals surface area (Å²) in [6.45, 7) is 4.37. The molecule has 0 spiro atoms. The van der Waals surface area contributed by atoms with Gasteiger partial charge < -0.3 is 5.73 Å². The van der Waals surface area contributed by atoms with Crippen LogP contribution in [0.2, 0.25) is 0 Å². The molecule has 1 aliphatic heterocycles. The van der Waals surface area contributed by atoms with Crippen LogP contribution in [0, 0.1) is 0 Å². The summed E-state index contributed by atoms with van der Waals surface area (Å²) in [4.78, 5) is 0. The maximum atomic E-state index is 5.92. The van der Waals surface area contributed by atoms with E-state index in [1.807, 2.05) is 35.3 Å². The molecule has 2 N–H and O–H groups in total. The van der Waals surface area contributed by atoms with E-state index in [0.29, 0.717) is 6.54 Å². The smallest absolute Gasteiger partial charge is 0.148 e. The van der Waals surface area contributed by atoms with Gasteiger partial charge in [-0.2, -0.15) is 5.10 Å². The summed E-state index contributed by atoms with van der Waals surface area (Å²) in [7, 11) is 0. The minimum absolute atomic E-state index is 0.0989. The Hall–Kier alpha value is -1.26. The van der Waals surface area contributed by atoms with Crippen LogP contribution in [0.25, 0.3) is 0 Å². The first-order chi connectivity index (χ1) is 7.31. The third-order valence-corrected chi connectivity index (χ3v) is 3.11. The normalized spacial score (nSPS) is 20.2. The van der Waals surface area contributed by atoms with Crippen molar-refractivity contribution < 1.29 is 0 Å². The molecule has 0 saturated heterocycles. The Kier molecular flexibility index (Phi) is 3.08. The average Bonchev–Trinajstić information content (AvgIpc) is 2.63. The van der Waals surface area contributed by atoms with Gasteiger partial charge in [-0.25, -0.2) is 0 Å². The van der Waals surface area contributed by atoms with Gasteiger partial charge in [-0.1, -0.05) is 48.2 Å². The zero-order chi connectivity index (χ0) is 10.7. The Bertz CT molecular complexity index is 375. The van der Waals surface area contributed by atoms with Gasteiger partial charge in [-0.05, 0) is 0 Å². The highest BCUT2D eigenvalue weighted by molar-refractivity contribution is 8.15. The lowest BCUT2D eigenvalue weighted by molar-refractivity contribution is 0.312. The van der Waals surface area contributed by atoms with E-state index in [-0.39, 0.29) is 5.50 Å². The Labute approximate surface area is 93.6 Å². The number of nitrogens with zero attached hydrogens (tertiary/aromatic N) is 2. The molecule has 0 aliphatic carbocycles. The van der Waals surface area contributed by atoms with Crippen LogP contribution in [-0.2, 0) is 0 Å². The lowest BCUT2D eigenvalue weighted by Gasteiger charge is -2.15. The highest BCUT2D eigenvalue weighted by Gasteiger charge is 2.23. The first-order valence-electron chi connectivity index (χ1n) is 4.75. The molecule has 78 valence electrons. The van der Waals surface area contributed by atoms with Crippen molar-refractivity contribution in [1.82, 2.24) is 5.01 Å². The number of hydrogen-bond donors (Lipinski definition) is 1. The van der Waals surface area contributed by atoms with Gasteiger partial charge >= 0.3 is 0 Å². The summed E-state index contributed by atoms with van der Waals surface area (Å²) < 4.78 is 0. The van der Waals surface area contributed by atoms with Crippen molar-refractivity contribution in [2.45, 2.75) is 5.50 Å². The number of nitrogens with two attached hydrogens (primary N) is 1. The fourth-order valence-electron chi connectivity index (χ4n) is 1.36. The minimum Gasteiger partial charge on any atom is -0.301 e. The molecule has 0 amide bonds. The van der Waals surface area contributed by atoms with E-state index in [1.165, 1.54) is 0 Å². The Morgan fingerprint density at radius 1 is 1.47 bits per heavy atom. The van der Waals surface area contributed by atoms with Crippen LogP contribution >= 0.6 is 11.8 Å². The van der Waals surface area contributed by atoms with E-state index >= 15 is 0 Å². The van der Waals surface area contributed by atoms with Gasteiger partial charge in [0.2, 0.25) is 0 Å². The number of hydrogen-bond acceptors (Lipinski definition) is 4. The topological polar surface area (TPSA) is 41.6 Å². The Balaban J connectivity index is 2.19. The van der Waals surface area contributed by atoms with Crippen LogP contribution in [0.3, 0.4) is 0 Å². The second kappa shape index (κ2) is 4.51. The summed E-state index contributed by atoms with van der Waals surface area (Å²) >= 11 is 1.57. The van der Waals surface area contributed by atoms with Crippen LogP contribution in [0.15, 0.2) is 48.1 Å². The van der Waals surface area contributed by atoms with Crippen LogP contribution in [0.4, 0.5) is 0 Å². The molecular weight excluding hydrogens is 206 g/mol. The number of hydrazone groups is 1. The fraction of sp³-hybridized carbons (Fsp3) is 0.182. The largest absolute Gasteiger partial charge is 0.301 e. The molecule has 3 nitrogen and oxygen atoms in total. The van der Waals surface area contributed by atoms with Crippen LogP contribution in [0.5, 0.6) is 0 Å². The summed E-state index contributed by atoms with van der Waals surface area (Å²) in [5, 5.41) is 7.26. The van der Waals surface area contributed by atoms with Gasteiger partial charge in [-0.15, -0.1) is 6.58 Å². The van der Waals surface area contributed by atoms with Crippen LogP contribution in [-0.4, -0.2) is 22.1 Å². The Morgan fingerprint density at radius 2 is 2.20 bits per heavy atom. The van der Waals surface area contributed by atoms with E-state index in [9.17, 15) is 0 Å². The molecule has 2 rings (SSSR count). The molecule has 1 atom stereocenters. The van der Waals surface area contributed by atoms with Crippen LogP contribution in [0.1, 0.15) is 5.56 Å². The SMILES string of the molecule is C=CCN1N=C(c2ccccc2)SC1N. The van der Waals surface area contributed by atoms with Crippen molar-refractivity contribution >= 4 is 16.8 Å². The van der Waals surface area contributed by atoms with Crippen molar-refractivity contribution in [2.75, 3.05) is 6.54 Å². The highest BCUT2D eigenvalue weighted by atomic mass is 32.2. The zero-order valence-corrected chi connectivity index (χ0v) is 9.15. The van der Waals surface area contributed by atoms with Gasteiger partial charge in [0, 0.05) is 5.56 Å². The van der Waals surface area contributed by atoms with E-state index in [0.717, 1.165) is 10.6 Å². The van der Waals surface area contributed by atoms with E-state index in [4.69, 9.17) is 5.73 Å². The summed E-state index contributed by atoms with van der Waals surface area (Å²) in [5.41, 5.74) is 6.94. The maximum absolute atomic E-state index is 5.92. The van der Waals surface area contributed by atoms with Gasteiger partial charge in [-0.3, -0.25) is 5.01 Å². The quantitative estimate of drug-likeness (QED) is 0.788. The molecule has 0 saturated carbocycles. The fourth-order valence-corrected chi connectivity index (χ4v) is 2.26. The van der Waals surface area contributed by atoms with Crippen molar-refractivity contribution in [1.29, 1.82) is 0 Å².